The topological polar surface area (TPSA) is 37.4 Å². The minimum Gasteiger partial charge on any atom is -0.385 e. The molecule has 4 nitrogen and oxygen atoms in total. The lowest BCUT2D eigenvalue weighted by Crippen LogP contribution is -2.20. The van der Waals surface area contributed by atoms with Gasteiger partial charge < -0.3 is 15.0 Å². The lowest BCUT2D eigenvalue weighted by atomic mass is 10.2. The van der Waals surface area contributed by atoms with E-state index in [0.29, 0.717) is 0 Å². The smallest absolute Gasteiger partial charge is 0.125 e. The number of hydrogen-bond donors (Lipinski definition) is 1. The van der Waals surface area contributed by atoms with Crippen LogP contribution in [-0.2, 0) is 11.3 Å². The normalized spacial score (nSPS) is 10.8. The van der Waals surface area contributed by atoms with Gasteiger partial charge in [-0.05, 0) is 32.0 Å². The Morgan fingerprint density at radius 1 is 1.41 bits per heavy atom. The second-order valence-corrected chi connectivity index (χ2v) is 4.17. The molecule has 0 aromatic carbocycles. The molecule has 96 valence electrons. The van der Waals surface area contributed by atoms with Crippen LogP contribution in [0.3, 0.4) is 0 Å². The second-order valence-electron chi connectivity index (χ2n) is 4.17. The number of rotatable bonds is 8. The maximum atomic E-state index is 5.04. The highest BCUT2D eigenvalue weighted by Gasteiger charge is 2.01. The highest BCUT2D eigenvalue weighted by molar-refractivity contribution is 5.35. The molecule has 0 saturated heterocycles. The summed E-state index contributed by atoms with van der Waals surface area (Å²) in [6.07, 6.45) is 3.00. The van der Waals surface area contributed by atoms with Gasteiger partial charge in [-0.3, -0.25) is 0 Å². The van der Waals surface area contributed by atoms with E-state index in [-0.39, 0.29) is 0 Å². The summed E-state index contributed by atoms with van der Waals surface area (Å²) in [5.74, 6) is 0.943. The minimum absolute atomic E-state index is 0.821. The van der Waals surface area contributed by atoms with E-state index in [4.69, 9.17) is 4.74 Å². The van der Waals surface area contributed by atoms with E-state index >= 15 is 0 Å². The fourth-order valence-electron chi connectivity index (χ4n) is 1.67. The van der Waals surface area contributed by atoms with Crippen LogP contribution in [0.15, 0.2) is 18.3 Å². The van der Waals surface area contributed by atoms with Crippen LogP contribution in [-0.4, -0.2) is 43.7 Å². The first kappa shape index (κ1) is 13.9. The molecule has 1 N–H and O–H groups in total. The van der Waals surface area contributed by atoms with Crippen LogP contribution < -0.4 is 5.32 Å². The van der Waals surface area contributed by atoms with E-state index < -0.39 is 0 Å². The number of nitrogens with one attached hydrogen (secondary N) is 1. The Balaban J connectivity index is 2.34. The van der Waals surface area contributed by atoms with Gasteiger partial charge in [-0.25, -0.2) is 4.98 Å². The van der Waals surface area contributed by atoms with E-state index in [9.17, 15) is 0 Å². The lowest BCUT2D eigenvalue weighted by Gasteiger charge is -2.16. The van der Waals surface area contributed by atoms with Gasteiger partial charge in [-0.2, -0.15) is 0 Å². The number of anilines is 1. The van der Waals surface area contributed by atoms with E-state index in [0.717, 1.165) is 38.5 Å². The molecule has 1 aromatic rings. The molecular weight excluding hydrogens is 214 g/mol. The first-order valence-electron chi connectivity index (χ1n) is 6.12. The van der Waals surface area contributed by atoms with Gasteiger partial charge >= 0.3 is 0 Å². The summed E-state index contributed by atoms with van der Waals surface area (Å²) in [5, 5.41) is 3.19. The van der Waals surface area contributed by atoms with Crippen LogP contribution in [0.5, 0.6) is 0 Å². The zero-order chi connectivity index (χ0) is 12.5. The predicted molar refractivity (Wildman–Crippen MR) is 71.2 cm³/mol. The molecule has 0 radical (unpaired) electrons. The predicted octanol–water partition coefficient (Wildman–Crippen LogP) is 1.98. The van der Waals surface area contributed by atoms with Crippen molar-refractivity contribution in [1.29, 1.82) is 0 Å². The molecule has 0 spiro atoms. The quantitative estimate of drug-likeness (QED) is 0.702. The highest BCUT2D eigenvalue weighted by Crippen LogP contribution is 2.07. The molecule has 0 aliphatic rings. The zero-order valence-corrected chi connectivity index (χ0v) is 11.1. The molecule has 4 heteroatoms. The summed E-state index contributed by atoms with van der Waals surface area (Å²) in [4.78, 5) is 6.64. The molecule has 1 aromatic heterocycles. The first-order chi connectivity index (χ1) is 8.26. The molecule has 0 saturated carbocycles. The molecule has 0 aliphatic carbocycles. The van der Waals surface area contributed by atoms with Gasteiger partial charge in [0.25, 0.3) is 0 Å². The third-order valence-corrected chi connectivity index (χ3v) is 2.52. The maximum absolute atomic E-state index is 5.04. The van der Waals surface area contributed by atoms with E-state index in [2.05, 4.69) is 35.2 Å². The second kappa shape index (κ2) is 8.03. The number of hydrogen-bond acceptors (Lipinski definition) is 4. The summed E-state index contributed by atoms with van der Waals surface area (Å²) in [6, 6.07) is 4.15. The third kappa shape index (κ3) is 5.65. The molecule has 1 rings (SSSR count). The van der Waals surface area contributed by atoms with Gasteiger partial charge in [0.2, 0.25) is 0 Å². The van der Waals surface area contributed by atoms with Gasteiger partial charge in [0.1, 0.15) is 5.82 Å². The van der Waals surface area contributed by atoms with Crippen molar-refractivity contribution >= 4 is 5.82 Å². The first-order valence-corrected chi connectivity index (χ1v) is 6.12. The Bertz CT molecular complexity index is 300. The minimum atomic E-state index is 0.821. The van der Waals surface area contributed by atoms with Crippen LogP contribution in [0, 0.1) is 0 Å². The van der Waals surface area contributed by atoms with Crippen molar-refractivity contribution in [2.75, 3.05) is 39.2 Å². The number of nitrogens with zero attached hydrogens (tertiary/aromatic N) is 2. The third-order valence-electron chi connectivity index (χ3n) is 2.52. The molecular formula is C13H23N3O. The Labute approximate surface area is 104 Å². The Morgan fingerprint density at radius 3 is 2.82 bits per heavy atom. The van der Waals surface area contributed by atoms with Crippen LogP contribution >= 0.6 is 0 Å². The van der Waals surface area contributed by atoms with E-state index in [1.807, 2.05) is 12.3 Å². The Morgan fingerprint density at radius 2 is 2.24 bits per heavy atom. The van der Waals surface area contributed by atoms with Gasteiger partial charge in [0.15, 0.2) is 0 Å². The fourth-order valence-corrected chi connectivity index (χ4v) is 1.67. The number of pyridine rings is 1. The van der Waals surface area contributed by atoms with Crippen LogP contribution in [0.25, 0.3) is 0 Å². The summed E-state index contributed by atoms with van der Waals surface area (Å²) in [6.45, 7) is 5.77. The van der Waals surface area contributed by atoms with Crippen molar-refractivity contribution < 1.29 is 4.74 Å². The average molecular weight is 237 g/mol. The number of methoxy groups -OCH3 is 1. The maximum Gasteiger partial charge on any atom is 0.125 e. The summed E-state index contributed by atoms with van der Waals surface area (Å²) in [7, 11) is 3.86. The molecule has 0 fully saturated rings. The Hall–Kier alpha value is -1.13. The zero-order valence-electron chi connectivity index (χ0n) is 11.1. The molecule has 1 heterocycles. The van der Waals surface area contributed by atoms with Crippen molar-refractivity contribution in [3.63, 3.8) is 0 Å². The fraction of sp³-hybridized carbons (Fsp3) is 0.615. The van der Waals surface area contributed by atoms with Gasteiger partial charge in [-0.1, -0.05) is 6.07 Å². The van der Waals surface area contributed by atoms with Crippen molar-refractivity contribution in [3.05, 3.63) is 23.9 Å². The lowest BCUT2D eigenvalue weighted by molar-refractivity contribution is 0.178. The average Bonchev–Trinajstić information content (AvgIpc) is 2.32. The molecule has 0 amide bonds. The van der Waals surface area contributed by atoms with E-state index in [1.54, 1.807) is 7.11 Å². The SMILES string of the molecule is CCNc1ccc(CN(C)CCCOC)cn1. The largest absolute Gasteiger partial charge is 0.385 e. The summed E-state index contributed by atoms with van der Waals surface area (Å²) in [5.41, 5.74) is 1.24. The molecule has 0 unspecified atom stereocenters. The summed E-state index contributed by atoms with van der Waals surface area (Å²) >= 11 is 0. The molecule has 17 heavy (non-hydrogen) atoms. The molecule has 0 bridgehead atoms. The van der Waals surface area contributed by atoms with Gasteiger partial charge in [-0.15, -0.1) is 0 Å². The summed E-state index contributed by atoms with van der Waals surface area (Å²) < 4.78 is 5.04. The van der Waals surface area contributed by atoms with Crippen molar-refractivity contribution in [2.45, 2.75) is 19.9 Å². The standard InChI is InChI=1S/C13H23N3O/c1-4-14-13-7-6-12(10-15-13)11-16(2)8-5-9-17-3/h6-7,10H,4-5,8-9,11H2,1-3H3,(H,14,15). The van der Waals surface area contributed by atoms with Crippen molar-refractivity contribution in [1.82, 2.24) is 9.88 Å². The van der Waals surface area contributed by atoms with E-state index in [1.165, 1.54) is 5.56 Å². The number of aromatic nitrogens is 1. The highest BCUT2D eigenvalue weighted by atomic mass is 16.5. The Kier molecular flexibility index (Phi) is 6.58. The van der Waals surface area contributed by atoms with Crippen LogP contribution in [0.1, 0.15) is 18.9 Å². The van der Waals surface area contributed by atoms with Gasteiger partial charge in [0, 0.05) is 39.5 Å². The monoisotopic (exact) mass is 237 g/mol. The molecule has 0 atom stereocenters. The number of ether oxygens (including phenoxy) is 1. The van der Waals surface area contributed by atoms with Crippen molar-refractivity contribution in [2.24, 2.45) is 0 Å². The van der Waals surface area contributed by atoms with Crippen LogP contribution in [0.2, 0.25) is 0 Å². The van der Waals surface area contributed by atoms with Crippen molar-refractivity contribution in [3.8, 4) is 0 Å². The van der Waals surface area contributed by atoms with Gasteiger partial charge in [0.05, 0.1) is 0 Å². The molecule has 0 aliphatic heterocycles. The van der Waals surface area contributed by atoms with Crippen LogP contribution in [0.4, 0.5) is 5.82 Å².